The van der Waals surface area contributed by atoms with Gasteiger partial charge in [-0.1, -0.05) is 0 Å². The quantitative estimate of drug-likeness (QED) is 0.540. The third-order valence-corrected chi connectivity index (χ3v) is 1.57. The van der Waals surface area contributed by atoms with E-state index in [1.165, 1.54) is 13.0 Å². The summed E-state index contributed by atoms with van der Waals surface area (Å²) in [5.74, 6) is -0.888. The summed E-state index contributed by atoms with van der Waals surface area (Å²) in [5.41, 5.74) is 10.8. The van der Waals surface area contributed by atoms with Crippen molar-refractivity contribution in [3.8, 4) is 0 Å². The predicted molar refractivity (Wildman–Crippen MR) is 52.5 cm³/mol. The molecule has 0 saturated carbocycles. The minimum absolute atomic E-state index is 0. The molecule has 0 aliphatic rings. The molecular weight excluding hydrogens is 195 g/mol. The number of nitrogens with two attached hydrogens (primary N) is 2. The van der Waals surface area contributed by atoms with Crippen LogP contribution in [0.3, 0.4) is 0 Å². The minimum Gasteiger partial charge on any atom is -0.397 e. The molecule has 5 heteroatoms. The number of anilines is 2. The second-order valence-electron chi connectivity index (χ2n) is 2.52. The summed E-state index contributed by atoms with van der Waals surface area (Å²) in [4.78, 5) is 10.8. The first-order valence-electron chi connectivity index (χ1n) is 3.38. The van der Waals surface area contributed by atoms with Crippen molar-refractivity contribution >= 4 is 29.6 Å². The summed E-state index contributed by atoms with van der Waals surface area (Å²) >= 11 is 0. The van der Waals surface area contributed by atoms with Crippen LogP contribution in [0.4, 0.5) is 15.8 Å². The second-order valence-corrected chi connectivity index (χ2v) is 2.52. The van der Waals surface area contributed by atoms with Crippen molar-refractivity contribution in [3.63, 3.8) is 0 Å². The molecule has 0 saturated heterocycles. The van der Waals surface area contributed by atoms with Crippen molar-refractivity contribution < 1.29 is 9.18 Å². The van der Waals surface area contributed by atoms with Gasteiger partial charge in [-0.15, -0.1) is 12.4 Å². The van der Waals surface area contributed by atoms with Crippen LogP contribution >= 0.6 is 12.4 Å². The van der Waals surface area contributed by atoms with Crippen LogP contribution in [0, 0.1) is 5.82 Å². The number of benzene rings is 1. The van der Waals surface area contributed by atoms with Gasteiger partial charge >= 0.3 is 0 Å². The van der Waals surface area contributed by atoms with Crippen molar-refractivity contribution in [2.75, 3.05) is 11.5 Å². The highest BCUT2D eigenvalue weighted by atomic mass is 35.5. The third kappa shape index (κ3) is 2.32. The van der Waals surface area contributed by atoms with E-state index < -0.39 is 5.82 Å². The Hall–Kier alpha value is -1.29. The monoisotopic (exact) mass is 204 g/mol. The maximum atomic E-state index is 12.8. The maximum Gasteiger partial charge on any atom is 0.159 e. The standard InChI is InChI=1S/C8H9FN2O.ClH/c1-4(12)5-2-6(9)8(11)7(10)3-5;/h2-3H,10-11H2,1H3;1H. The molecule has 13 heavy (non-hydrogen) atoms. The molecular formula is C8H10ClFN2O. The summed E-state index contributed by atoms with van der Waals surface area (Å²) in [5, 5.41) is 0. The molecule has 0 fully saturated rings. The van der Waals surface area contributed by atoms with Crippen LogP contribution in [-0.2, 0) is 0 Å². The van der Waals surface area contributed by atoms with Crippen molar-refractivity contribution in [2.45, 2.75) is 6.92 Å². The van der Waals surface area contributed by atoms with Crippen molar-refractivity contribution in [1.29, 1.82) is 0 Å². The number of carbonyl (C=O) groups excluding carboxylic acids is 1. The highest BCUT2D eigenvalue weighted by Crippen LogP contribution is 2.20. The molecule has 0 aliphatic carbocycles. The largest absolute Gasteiger partial charge is 0.397 e. The third-order valence-electron chi connectivity index (χ3n) is 1.57. The van der Waals surface area contributed by atoms with E-state index in [-0.39, 0.29) is 35.1 Å². The van der Waals surface area contributed by atoms with E-state index in [0.29, 0.717) is 0 Å². The van der Waals surface area contributed by atoms with Gasteiger partial charge in [-0.2, -0.15) is 0 Å². The van der Waals surface area contributed by atoms with Gasteiger partial charge in [0.25, 0.3) is 0 Å². The Morgan fingerprint density at radius 3 is 2.31 bits per heavy atom. The van der Waals surface area contributed by atoms with Gasteiger partial charge in [-0.25, -0.2) is 4.39 Å². The first-order chi connectivity index (χ1) is 5.52. The second kappa shape index (κ2) is 4.09. The molecule has 0 unspecified atom stereocenters. The lowest BCUT2D eigenvalue weighted by Crippen LogP contribution is -2.02. The normalized spacial score (nSPS) is 9.08. The van der Waals surface area contributed by atoms with Crippen LogP contribution in [0.1, 0.15) is 17.3 Å². The van der Waals surface area contributed by atoms with Crippen LogP contribution in [0.5, 0.6) is 0 Å². The molecule has 0 heterocycles. The first kappa shape index (κ1) is 11.7. The van der Waals surface area contributed by atoms with E-state index in [1.54, 1.807) is 0 Å². The average Bonchev–Trinajstić information content (AvgIpc) is 1.99. The molecule has 3 nitrogen and oxygen atoms in total. The molecule has 0 aromatic heterocycles. The Morgan fingerprint density at radius 1 is 1.38 bits per heavy atom. The Morgan fingerprint density at radius 2 is 1.92 bits per heavy atom. The number of hydrogen-bond acceptors (Lipinski definition) is 3. The highest BCUT2D eigenvalue weighted by molar-refractivity contribution is 5.95. The molecule has 0 amide bonds. The van der Waals surface area contributed by atoms with Crippen LogP contribution in [0.2, 0.25) is 0 Å². The maximum absolute atomic E-state index is 12.8. The van der Waals surface area contributed by atoms with E-state index in [1.807, 2.05) is 0 Å². The van der Waals surface area contributed by atoms with Crippen molar-refractivity contribution in [3.05, 3.63) is 23.5 Å². The van der Waals surface area contributed by atoms with Gasteiger partial charge in [0, 0.05) is 5.56 Å². The van der Waals surface area contributed by atoms with E-state index in [9.17, 15) is 9.18 Å². The van der Waals surface area contributed by atoms with Crippen molar-refractivity contribution in [2.24, 2.45) is 0 Å². The predicted octanol–water partition coefficient (Wildman–Crippen LogP) is 1.61. The fraction of sp³-hybridized carbons (Fsp3) is 0.125. The summed E-state index contributed by atoms with van der Waals surface area (Å²) < 4.78 is 12.8. The Kier molecular flexibility index (Phi) is 3.69. The van der Waals surface area contributed by atoms with Gasteiger partial charge in [0.05, 0.1) is 11.4 Å². The topological polar surface area (TPSA) is 69.1 Å². The summed E-state index contributed by atoms with van der Waals surface area (Å²) in [7, 11) is 0. The molecule has 1 aromatic rings. The first-order valence-corrected chi connectivity index (χ1v) is 3.38. The van der Waals surface area contributed by atoms with Crippen LogP contribution in [0.25, 0.3) is 0 Å². The zero-order chi connectivity index (χ0) is 9.30. The van der Waals surface area contributed by atoms with Crippen molar-refractivity contribution in [1.82, 2.24) is 0 Å². The van der Waals surface area contributed by atoms with E-state index in [0.717, 1.165) is 6.07 Å². The lowest BCUT2D eigenvalue weighted by Gasteiger charge is -2.03. The lowest BCUT2D eigenvalue weighted by atomic mass is 10.1. The van der Waals surface area contributed by atoms with E-state index >= 15 is 0 Å². The number of hydrogen-bond donors (Lipinski definition) is 2. The number of Topliss-reactive ketones (excluding diaryl/α,β-unsaturated/α-hetero) is 1. The molecule has 1 rings (SSSR count). The number of rotatable bonds is 1. The zero-order valence-electron chi connectivity index (χ0n) is 7.00. The van der Waals surface area contributed by atoms with Gasteiger partial charge < -0.3 is 11.5 Å². The smallest absolute Gasteiger partial charge is 0.159 e. The van der Waals surface area contributed by atoms with Crippen LogP contribution < -0.4 is 11.5 Å². The Labute approximate surface area is 81.3 Å². The molecule has 4 N–H and O–H groups in total. The van der Waals surface area contributed by atoms with Gasteiger partial charge in [0.15, 0.2) is 5.78 Å². The average molecular weight is 205 g/mol. The van der Waals surface area contributed by atoms with Gasteiger partial charge in [0.2, 0.25) is 0 Å². The van der Waals surface area contributed by atoms with Gasteiger partial charge in [0.1, 0.15) is 5.82 Å². The number of ketones is 1. The summed E-state index contributed by atoms with van der Waals surface area (Å²) in [6.45, 7) is 1.34. The fourth-order valence-corrected chi connectivity index (χ4v) is 0.842. The molecule has 0 atom stereocenters. The molecule has 0 spiro atoms. The van der Waals surface area contributed by atoms with Gasteiger partial charge in [-0.05, 0) is 19.1 Å². The molecule has 0 radical (unpaired) electrons. The number of halogens is 2. The molecule has 72 valence electrons. The molecule has 1 aromatic carbocycles. The minimum atomic E-state index is -0.653. The number of carbonyl (C=O) groups is 1. The van der Waals surface area contributed by atoms with Crippen LogP contribution in [0.15, 0.2) is 12.1 Å². The van der Waals surface area contributed by atoms with Gasteiger partial charge in [-0.3, -0.25) is 4.79 Å². The fourth-order valence-electron chi connectivity index (χ4n) is 0.842. The summed E-state index contributed by atoms with van der Waals surface area (Å²) in [6, 6.07) is 2.44. The summed E-state index contributed by atoms with van der Waals surface area (Å²) in [6.07, 6.45) is 0. The SMILES string of the molecule is CC(=O)c1cc(N)c(N)c(F)c1.Cl. The van der Waals surface area contributed by atoms with Crippen LogP contribution in [-0.4, -0.2) is 5.78 Å². The zero-order valence-corrected chi connectivity index (χ0v) is 7.82. The molecule has 0 bridgehead atoms. The Balaban J connectivity index is 0.00000144. The highest BCUT2D eigenvalue weighted by Gasteiger charge is 2.07. The van der Waals surface area contributed by atoms with E-state index in [4.69, 9.17) is 11.5 Å². The lowest BCUT2D eigenvalue weighted by molar-refractivity contribution is 0.101. The number of nitrogen functional groups attached to an aromatic ring is 2. The van der Waals surface area contributed by atoms with E-state index in [2.05, 4.69) is 0 Å². The molecule has 0 aliphatic heterocycles. The Bertz CT molecular complexity index is 318.